The number of nitrogens with zero attached hydrogens (tertiary/aromatic N) is 2. The molecule has 32 heavy (non-hydrogen) atoms. The van der Waals surface area contributed by atoms with Crippen molar-refractivity contribution in [2.75, 3.05) is 31.1 Å². The molecule has 0 aliphatic carbocycles. The van der Waals surface area contributed by atoms with Crippen LogP contribution < -0.4 is 9.62 Å². The molecule has 170 valence electrons. The summed E-state index contributed by atoms with van der Waals surface area (Å²) in [7, 11) is -3.66. The molecule has 0 bridgehead atoms. The zero-order chi connectivity index (χ0) is 22.7. The second-order valence-corrected chi connectivity index (χ2v) is 11.4. The zero-order valence-electron chi connectivity index (χ0n) is 17.6. The number of sulfonamides is 1. The molecule has 0 saturated carbocycles. The lowest BCUT2D eigenvalue weighted by Crippen LogP contribution is -2.52. The molecule has 4 rings (SSSR count). The highest BCUT2D eigenvalue weighted by molar-refractivity contribution is 9.10. The molecule has 0 amide bonds. The first-order chi connectivity index (χ1) is 15.3. The summed E-state index contributed by atoms with van der Waals surface area (Å²) in [5, 5.41) is 2.01. The number of piperazine rings is 1. The number of para-hydroxylation sites is 1. The van der Waals surface area contributed by atoms with Crippen molar-refractivity contribution >= 4 is 43.0 Å². The molecule has 2 aromatic carbocycles. The SMILES string of the molecule is C[C@H](NS(=O)(=O)c1ccc(Br)cc1)[C@@H](c1cccs1)N1CCN(c2ccccc2F)CC1. The molecule has 1 fully saturated rings. The molecule has 3 aromatic rings. The van der Waals surface area contributed by atoms with Crippen LogP contribution in [0.5, 0.6) is 0 Å². The van der Waals surface area contributed by atoms with E-state index in [1.807, 2.05) is 35.4 Å². The maximum Gasteiger partial charge on any atom is 0.240 e. The largest absolute Gasteiger partial charge is 0.367 e. The van der Waals surface area contributed by atoms with Gasteiger partial charge in [0.1, 0.15) is 5.82 Å². The lowest BCUT2D eigenvalue weighted by Gasteiger charge is -2.42. The van der Waals surface area contributed by atoms with Crippen LogP contribution in [-0.4, -0.2) is 45.5 Å². The maximum atomic E-state index is 14.2. The average molecular weight is 539 g/mol. The highest BCUT2D eigenvalue weighted by Crippen LogP contribution is 2.31. The van der Waals surface area contributed by atoms with E-state index in [0.29, 0.717) is 31.9 Å². The lowest BCUT2D eigenvalue weighted by molar-refractivity contribution is 0.163. The Morgan fingerprint density at radius 3 is 2.31 bits per heavy atom. The molecule has 2 atom stereocenters. The van der Waals surface area contributed by atoms with Gasteiger partial charge in [-0.25, -0.2) is 17.5 Å². The monoisotopic (exact) mass is 537 g/mol. The number of rotatable bonds is 7. The second kappa shape index (κ2) is 10.0. The third kappa shape index (κ3) is 5.23. The minimum Gasteiger partial charge on any atom is -0.367 e. The third-order valence-corrected chi connectivity index (χ3v) is 8.72. The van der Waals surface area contributed by atoms with Crippen LogP contribution in [0.3, 0.4) is 0 Å². The number of anilines is 1. The number of halogens is 2. The van der Waals surface area contributed by atoms with Crippen molar-refractivity contribution in [3.8, 4) is 0 Å². The Labute approximate surface area is 201 Å². The van der Waals surface area contributed by atoms with Gasteiger partial charge >= 0.3 is 0 Å². The number of thiophene rings is 1. The summed E-state index contributed by atoms with van der Waals surface area (Å²) in [5.41, 5.74) is 0.615. The fraction of sp³-hybridized carbons (Fsp3) is 0.304. The van der Waals surface area contributed by atoms with Gasteiger partial charge < -0.3 is 4.90 Å². The van der Waals surface area contributed by atoms with Crippen molar-refractivity contribution in [2.24, 2.45) is 0 Å². The van der Waals surface area contributed by atoms with E-state index in [-0.39, 0.29) is 22.8 Å². The normalized spacial score (nSPS) is 17.3. The summed E-state index contributed by atoms with van der Waals surface area (Å²) in [6, 6.07) is 17.0. The van der Waals surface area contributed by atoms with E-state index < -0.39 is 10.0 Å². The predicted octanol–water partition coefficient (Wildman–Crippen LogP) is 4.88. The van der Waals surface area contributed by atoms with Crippen molar-refractivity contribution in [3.63, 3.8) is 0 Å². The average Bonchev–Trinajstić information content (AvgIpc) is 3.29. The van der Waals surface area contributed by atoms with E-state index in [1.54, 1.807) is 47.7 Å². The van der Waals surface area contributed by atoms with Crippen molar-refractivity contribution in [2.45, 2.75) is 23.9 Å². The van der Waals surface area contributed by atoms with Gasteiger partial charge in [-0.2, -0.15) is 0 Å². The van der Waals surface area contributed by atoms with E-state index in [4.69, 9.17) is 0 Å². The summed E-state index contributed by atoms with van der Waals surface area (Å²) in [6.07, 6.45) is 0. The Hall–Kier alpha value is -1.78. The summed E-state index contributed by atoms with van der Waals surface area (Å²) >= 11 is 4.96. The Bertz CT molecular complexity index is 1130. The van der Waals surface area contributed by atoms with Crippen LogP contribution in [-0.2, 0) is 10.0 Å². The van der Waals surface area contributed by atoms with Crippen LogP contribution >= 0.6 is 27.3 Å². The first-order valence-electron chi connectivity index (χ1n) is 10.4. The first-order valence-corrected chi connectivity index (χ1v) is 13.6. The van der Waals surface area contributed by atoms with Gasteiger partial charge in [0.2, 0.25) is 10.0 Å². The smallest absolute Gasteiger partial charge is 0.240 e. The van der Waals surface area contributed by atoms with Gasteiger partial charge in [0.05, 0.1) is 16.6 Å². The Kier molecular flexibility index (Phi) is 7.31. The zero-order valence-corrected chi connectivity index (χ0v) is 20.8. The van der Waals surface area contributed by atoms with Crippen LogP contribution in [0.15, 0.2) is 75.4 Å². The van der Waals surface area contributed by atoms with Gasteiger partial charge in [-0.1, -0.05) is 34.1 Å². The Morgan fingerprint density at radius 1 is 1.00 bits per heavy atom. The van der Waals surface area contributed by atoms with Crippen LogP contribution in [0.4, 0.5) is 10.1 Å². The van der Waals surface area contributed by atoms with Gasteiger partial charge in [0, 0.05) is 41.6 Å². The highest BCUT2D eigenvalue weighted by atomic mass is 79.9. The number of hydrogen-bond donors (Lipinski definition) is 1. The quantitative estimate of drug-likeness (QED) is 0.466. The van der Waals surface area contributed by atoms with Crippen molar-refractivity contribution < 1.29 is 12.8 Å². The molecule has 1 N–H and O–H groups in total. The van der Waals surface area contributed by atoms with E-state index in [2.05, 4.69) is 25.6 Å². The fourth-order valence-electron chi connectivity index (χ4n) is 4.14. The molecule has 1 aliphatic rings. The standard InChI is InChI=1S/C23H25BrFN3O2S2/c1-17(26-32(29,30)19-10-8-18(24)9-11-19)23(22-7-4-16-31-22)28-14-12-27(13-15-28)21-6-3-2-5-20(21)25/h2-11,16-17,23,26H,12-15H2,1H3/t17-,23-/m0/s1. The van der Waals surface area contributed by atoms with E-state index >= 15 is 0 Å². The third-order valence-electron chi connectivity index (χ3n) is 5.67. The van der Waals surface area contributed by atoms with Gasteiger partial charge in [-0.3, -0.25) is 4.90 Å². The maximum absolute atomic E-state index is 14.2. The minimum absolute atomic E-state index is 0.108. The number of nitrogens with one attached hydrogen (secondary N) is 1. The van der Waals surface area contributed by atoms with Crippen molar-refractivity contribution in [1.82, 2.24) is 9.62 Å². The summed E-state index contributed by atoms with van der Waals surface area (Å²) < 4.78 is 43.9. The minimum atomic E-state index is -3.66. The van der Waals surface area contributed by atoms with E-state index in [9.17, 15) is 12.8 Å². The lowest BCUT2D eigenvalue weighted by atomic mass is 10.1. The molecule has 9 heteroatoms. The fourth-order valence-corrected chi connectivity index (χ4v) is 6.62. The van der Waals surface area contributed by atoms with E-state index in [0.717, 1.165) is 9.35 Å². The molecule has 2 heterocycles. The second-order valence-electron chi connectivity index (χ2n) is 7.80. The predicted molar refractivity (Wildman–Crippen MR) is 131 cm³/mol. The van der Waals surface area contributed by atoms with Gasteiger partial charge in [0.15, 0.2) is 0 Å². The summed E-state index contributed by atoms with van der Waals surface area (Å²) in [6.45, 7) is 4.68. The van der Waals surface area contributed by atoms with Gasteiger partial charge in [0.25, 0.3) is 0 Å². The van der Waals surface area contributed by atoms with Gasteiger partial charge in [-0.15, -0.1) is 11.3 Å². The van der Waals surface area contributed by atoms with Crippen LogP contribution in [0.1, 0.15) is 17.8 Å². The highest BCUT2D eigenvalue weighted by Gasteiger charge is 2.33. The van der Waals surface area contributed by atoms with Crippen LogP contribution in [0.25, 0.3) is 0 Å². The summed E-state index contributed by atoms with van der Waals surface area (Å²) in [4.78, 5) is 5.68. The molecule has 0 radical (unpaired) electrons. The molecule has 0 unspecified atom stereocenters. The molecular formula is C23H25BrFN3O2S2. The molecule has 5 nitrogen and oxygen atoms in total. The van der Waals surface area contributed by atoms with Crippen molar-refractivity contribution in [1.29, 1.82) is 0 Å². The molecule has 1 aromatic heterocycles. The number of benzene rings is 2. The summed E-state index contributed by atoms with van der Waals surface area (Å²) in [5.74, 6) is -0.216. The van der Waals surface area contributed by atoms with Crippen molar-refractivity contribution in [3.05, 3.63) is 81.2 Å². The van der Waals surface area contributed by atoms with Crippen LogP contribution in [0, 0.1) is 5.82 Å². The topological polar surface area (TPSA) is 52.7 Å². The van der Waals surface area contributed by atoms with Crippen LogP contribution in [0.2, 0.25) is 0 Å². The molecule has 0 spiro atoms. The van der Waals surface area contributed by atoms with Gasteiger partial charge in [-0.05, 0) is 54.8 Å². The first kappa shape index (κ1) is 23.4. The Balaban J connectivity index is 1.51. The van der Waals surface area contributed by atoms with E-state index in [1.165, 1.54) is 6.07 Å². The molecular weight excluding hydrogens is 513 g/mol. The molecule has 1 saturated heterocycles. The number of hydrogen-bond acceptors (Lipinski definition) is 5. The Morgan fingerprint density at radius 2 is 1.69 bits per heavy atom. The molecule has 1 aliphatic heterocycles.